The van der Waals surface area contributed by atoms with Crippen LogP contribution >= 0.6 is 0 Å². The summed E-state index contributed by atoms with van der Waals surface area (Å²) in [5.74, 6) is 0.815. The van der Waals surface area contributed by atoms with Gasteiger partial charge in [-0.3, -0.25) is 4.72 Å². The molecule has 0 radical (unpaired) electrons. The number of hydrogen-bond donors (Lipinski definition) is 1. The Morgan fingerprint density at radius 1 is 1.28 bits per heavy atom. The van der Waals surface area contributed by atoms with Gasteiger partial charge in [0.05, 0.1) is 25.1 Å². The Kier molecular flexibility index (Phi) is 3.24. The fourth-order valence-corrected chi connectivity index (χ4v) is 1.94. The molecule has 0 amide bonds. The van der Waals surface area contributed by atoms with Crippen molar-refractivity contribution in [3.8, 4) is 16.9 Å². The Morgan fingerprint density at radius 2 is 1.94 bits per heavy atom. The zero-order valence-corrected chi connectivity index (χ0v) is 10.7. The summed E-state index contributed by atoms with van der Waals surface area (Å²) in [6.07, 6.45) is 2.50. The normalized spacial score (nSPS) is 11.2. The van der Waals surface area contributed by atoms with Crippen molar-refractivity contribution in [3.63, 3.8) is 0 Å². The zero-order valence-electron chi connectivity index (χ0n) is 9.88. The fourth-order valence-electron chi connectivity index (χ4n) is 1.46. The number of benzene rings is 1. The number of nitrogens with one attached hydrogen (secondary N) is 1. The van der Waals surface area contributed by atoms with Crippen LogP contribution in [0.4, 0.5) is 5.88 Å². The Balaban J connectivity index is 2.36. The number of aromatic nitrogens is 1. The summed E-state index contributed by atoms with van der Waals surface area (Å²) in [5.41, 5.74) is 1.35. The standard InChI is InChI=1S/C11H12N2O4S/c1-16-9-5-3-8(4-6-9)10-7-12-17-11(10)13-18(2,14)15/h3-7,13H,1-2H3. The van der Waals surface area contributed by atoms with Crippen LogP contribution in [-0.2, 0) is 10.0 Å². The molecule has 6 nitrogen and oxygen atoms in total. The molecule has 0 unspecified atom stereocenters. The minimum Gasteiger partial charge on any atom is -0.497 e. The molecule has 1 heterocycles. The van der Waals surface area contributed by atoms with Gasteiger partial charge in [-0.15, -0.1) is 0 Å². The molecule has 0 aliphatic heterocycles. The van der Waals surface area contributed by atoms with Crippen LogP contribution in [0.2, 0.25) is 0 Å². The topological polar surface area (TPSA) is 81.4 Å². The quantitative estimate of drug-likeness (QED) is 0.913. The first-order valence-electron chi connectivity index (χ1n) is 5.06. The van der Waals surface area contributed by atoms with Crippen LogP contribution < -0.4 is 9.46 Å². The maximum absolute atomic E-state index is 11.2. The van der Waals surface area contributed by atoms with E-state index in [4.69, 9.17) is 9.26 Å². The molecule has 7 heteroatoms. The number of methoxy groups -OCH3 is 1. The highest BCUT2D eigenvalue weighted by Gasteiger charge is 2.14. The lowest BCUT2D eigenvalue weighted by Crippen LogP contribution is -2.09. The van der Waals surface area contributed by atoms with Gasteiger partial charge in [-0.25, -0.2) is 8.42 Å². The molecule has 0 aliphatic carbocycles. The first kappa shape index (κ1) is 12.4. The van der Waals surface area contributed by atoms with Crippen LogP contribution in [0, 0.1) is 0 Å². The zero-order chi connectivity index (χ0) is 13.2. The van der Waals surface area contributed by atoms with Gasteiger partial charge < -0.3 is 9.26 Å². The van der Waals surface area contributed by atoms with Crippen LogP contribution in [0.3, 0.4) is 0 Å². The van der Waals surface area contributed by atoms with Crippen molar-refractivity contribution in [2.45, 2.75) is 0 Å². The lowest BCUT2D eigenvalue weighted by atomic mass is 10.1. The van der Waals surface area contributed by atoms with E-state index in [1.54, 1.807) is 31.4 Å². The van der Waals surface area contributed by atoms with E-state index < -0.39 is 10.0 Å². The van der Waals surface area contributed by atoms with Crippen molar-refractivity contribution in [3.05, 3.63) is 30.5 Å². The van der Waals surface area contributed by atoms with Crippen LogP contribution in [0.25, 0.3) is 11.1 Å². The van der Waals surface area contributed by atoms with Crippen molar-refractivity contribution in [2.75, 3.05) is 18.1 Å². The van der Waals surface area contributed by atoms with Crippen LogP contribution in [-0.4, -0.2) is 26.9 Å². The molecule has 0 atom stereocenters. The smallest absolute Gasteiger partial charge is 0.245 e. The summed E-state index contributed by atoms with van der Waals surface area (Å²) in [5, 5.41) is 3.59. The number of ether oxygens (including phenoxy) is 1. The van der Waals surface area contributed by atoms with Gasteiger partial charge in [0.2, 0.25) is 15.9 Å². The average Bonchev–Trinajstić information content (AvgIpc) is 2.75. The summed E-state index contributed by atoms with van der Waals surface area (Å²) in [4.78, 5) is 0. The van der Waals surface area contributed by atoms with Crippen molar-refractivity contribution in [1.82, 2.24) is 5.16 Å². The van der Waals surface area contributed by atoms with E-state index in [1.807, 2.05) is 0 Å². The number of anilines is 1. The number of rotatable bonds is 4. The minimum atomic E-state index is -3.40. The fraction of sp³-hybridized carbons (Fsp3) is 0.182. The molecule has 96 valence electrons. The second-order valence-electron chi connectivity index (χ2n) is 3.67. The van der Waals surface area contributed by atoms with Crippen molar-refractivity contribution >= 4 is 15.9 Å². The second-order valence-corrected chi connectivity index (χ2v) is 5.42. The average molecular weight is 268 g/mol. The first-order chi connectivity index (χ1) is 8.49. The van der Waals surface area contributed by atoms with E-state index >= 15 is 0 Å². The third-order valence-corrected chi connectivity index (χ3v) is 2.81. The van der Waals surface area contributed by atoms with Crippen LogP contribution in [0.1, 0.15) is 0 Å². The van der Waals surface area contributed by atoms with E-state index in [0.717, 1.165) is 11.8 Å². The molecule has 2 rings (SSSR count). The van der Waals surface area contributed by atoms with Crippen LogP contribution in [0.5, 0.6) is 5.75 Å². The third kappa shape index (κ3) is 2.80. The van der Waals surface area contributed by atoms with E-state index in [-0.39, 0.29) is 5.88 Å². The largest absolute Gasteiger partial charge is 0.497 e. The second kappa shape index (κ2) is 4.69. The summed E-state index contributed by atoms with van der Waals surface area (Å²) in [6, 6.07) is 7.12. The van der Waals surface area contributed by atoms with E-state index in [2.05, 4.69) is 9.88 Å². The van der Waals surface area contributed by atoms with E-state index in [0.29, 0.717) is 11.3 Å². The maximum atomic E-state index is 11.2. The molecule has 0 saturated heterocycles. The van der Waals surface area contributed by atoms with E-state index in [9.17, 15) is 8.42 Å². The van der Waals surface area contributed by atoms with Gasteiger partial charge in [-0.2, -0.15) is 0 Å². The molecule has 0 fully saturated rings. The highest BCUT2D eigenvalue weighted by Crippen LogP contribution is 2.29. The van der Waals surface area contributed by atoms with Crippen molar-refractivity contribution in [2.24, 2.45) is 0 Å². The van der Waals surface area contributed by atoms with Gasteiger partial charge >= 0.3 is 0 Å². The number of sulfonamides is 1. The molecule has 0 aliphatic rings. The Morgan fingerprint density at radius 3 is 2.50 bits per heavy atom. The summed E-state index contributed by atoms with van der Waals surface area (Å²) in [6.45, 7) is 0. The lowest BCUT2D eigenvalue weighted by molar-refractivity contribution is 0.415. The summed E-state index contributed by atoms with van der Waals surface area (Å²) in [7, 11) is -1.82. The molecule has 1 N–H and O–H groups in total. The molecule has 1 aromatic heterocycles. The van der Waals surface area contributed by atoms with Gasteiger partial charge in [-0.1, -0.05) is 17.3 Å². The Hall–Kier alpha value is -2.02. The van der Waals surface area contributed by atoms with Gasteiger partial charge in [0, 0.05) is 0 Å². The monoisotopic (exact) mass is 268 g/mol. The lowest BCUT2D eigenvalue weighted by Gasteiger charge is -2.04. The maximum Gasteiger partial charge on any atom is 0.245 e. The molecule has 1 aromatic carbocycles. The third-order valence-electron chi connectivity index (χ3n) is 2.25. The van der Waals surface area contributed by atoms with Crippen LogP contribution in [0.15, 0.2) is 35.0 Å². The molecule has 0 bridgehead atoms. The summed E-state index contributed by atoms with van der Waals surface area (Å²) >= 11 is 0. The van der Waals surface area contributed by atoms with Gasteiger partial charge in [-0.05, 0) is 17.7 Å². The Labute approximate surface area is 105 Å². The van der Waals surface area contributed by atoms with Crippen molar-refractivity contribution < 1.29 is 17.7 Å². The van der Waals surface area contributed by atoms with Gasteiger partial charge in [0.15, 0.2) is 0 Å². The highest BCUT2D eigenvalue weighted by atomic mass is 32.2. The predicted octanol–water partition coefficient (Wildman–Crippen LogP) is 1.72. The predicted molar refractivity (Wildman–Crippen MR) is 67.0 cm³/mol. The molecule has 0 spiro atoms. The number of nitrogens with zero attached hydrogens (tertiary/aromatic N) is 1. The number of hydrogen-bond acceptors (Lipinski definition) is 5. The summed E-state index contributed by atoms with van der Waals surface area (Å²) < 4.78 is 34.5. The SMILES string of the molecule is COc1ccc(-c2cnoc2NS(C)(=O)=O)cc1. The first-order valence-corrected chi connectivity index (χ1v) is 6.95. The van der Waals surface area contributed by atoms with Gasteiger partial charge in [0.1, 0.15) is 5.75 Å². The molecule has 0 saturated carbocycles. The van der Waals surface area contributed by atoms with Crippen molar-refractivity contribution in [1.29, 1.82) is 0 Å². The Bertz CT molecular complexity index is 631. The molecular weight excluding hydrogens is 256 g/mol. The highest BCUT2D eigenvalue weighted by molar-refractivity contribution is 7.92. The molecule has 2 aromatic rings. The van der Waals surface area contributed by atoms with E-state index in [1.165, 1.54) is 6.20 Å². The van der Waals surface area contributed by atoms with Gasteiger partial charge in [0.25, 0.3) is 0 Å². The molecular formula is C11H12N2O4S. The minimum absolute atomic E-state index is 0.0997. The molecule has 18 heavy (non-hydrogen) atoms.